The first-order chi connectivity index (χ1) is 4.75. The molecule has 1 aliphatic rings. The van der Waals surface area contributed by atoms with Gasteiger partial charge in [-0.3, -0.25) is 0 Å². The average molecular weight is 148 g/mol. The zero-order chi connectivity index (χ0) is 7.56. The number of hydrogen-bond donors (Lipinski definition) is 2. The Morgan fingerprint density at radius 2 is 2.20 bits per heavy atom. The van der Waals surface area contributed by atoms with Crippen molar-refractivity contribution in [2.75, 3.05) is 13.7 Å². The second-order valence-corrected chi connectivity index (χ2v) is 2.32. The van der Waals surface area contributed by atoms with E-state index in [1.165, 1.54) is 7.11 Å². The fraction of sp³-hybridized carbons (Fsp3) is 1.00. The van der Waals surface area contributed by atoms with E-state index in [0.29, 0.717) is 13.0 Å². The molecule has 60 valence electrons. The second kappa shape index (κ2) is 3.30. The second-order valence-electron chi connectivity index (χ2n) is 2.32. The number of rotatable bonds is 1. The van der Waals surface area contributed by atoms with Crippen LogP contribution in [0.2, 0.25) is 0 Å². The number of methoxy groups -OCH3 is 1. The van der Waals surface area contributed by atoms with Gasteiger partial charge in [0.1, 0.15) is 6.10 Å². The van der Waals surface area contributed by atoms with Gasteiger partial charge >= 0.3 is 0 Å². The molecular weight excluding hydrogens is 136 g/mol. The third-order valence-electron chi connectivity index (χ3n) is 1.63. The van der Waals surface area contributed by atoms with Gasteiger partial charge in [0.2, 0.25) is 0 Å². The van der Waals surface area contributed by atoms with Crippen molar-refractivity contribution < 1.29 is 19.7 Å². The molecule has 0 unspecified atom stereocenters. The fourth-order valence-electron chi connectivity index (χ4n) is 1.03. The molecule has 0 spiro atoms. The van der Waals surface area contributed by atoms with Crippen molar-refractivity contribution in [1.82, 2.24) is 0 Å². The highest BCUT2D eigenvalue weighted by Crippen LogP contribution is 2.14. The van der Waals surface area contributed by atoms with Crippen molar-refractivity contribution >= 4 is 0 Å². The zero-order valence-corrected chi connectivity index (χ0v) is 5.86. The number of ether oxygens (including phenoxy) is 2. The number of aliphatic hydroxyl groups excluding tert-OH is 2. The molecule has 4 nitrogen and oxygen atoms in total. The van der Waals surface area contributed by atoms with Crippen LogP contribution in [0, 0.1) is 0 Å². The predicted molar refractivity (Wildman–Crippen MR) is 33.4 cm³/mol. The monoisotopic (exact) mass is 148 g/mol. The van der Waals surface area contributed by atoms with Gasteiger partial charge in [0.05, 0.1) is 12.7 Å². The van der Waals surface area contributed by atoms with Crippen LogP contribution in [0.3, 0.4) is 0 Å². The molecule has 0 radical (unpaired) electrons. The summed E-state index contributed by atoms with van der Waals surface area (Å²) in [4.78, 5) is 0. The van der Waals surface area contributed by atoms with Crippen LogP contribution in [-0.2, 0) is 9.47 Å². The number of aliphatic hydroxyl groups is 2. The molecule has 3 atom stereocenters. The van der Waals surface area contributed by atoms with Crippen molar-refractivity contribution in [1.29, 1.82) is 0 Å². The minimum atomic E-state index is -0.978. The van der Waals surface area contributed by atoms with Gasteiger partial charge in [-0.15, -0.1) is 0 Å². The summed E-state index contributed by atoms with van der Waals surface area (Å²) in [6.07, 6.45) is -1.65. The molecular formula is C6H12O4. The minimum absolute atomic E-state index is 0.391. The van der Waals surface area contributed by atoms with Crippen LogP contribution in [0.15, 0.2) is 0 Å². The maximum atomic E-state index is 9.17. The lowest BCUT2D eigenvalue weighted by molar-refractivity contribution is -0.228. The van der Waals surface area contributed by atoms with Gasteiger partial charge in [0.15, 0.2) is 6.29 Å². The molecule has 0 amide bonds. The SMILES string of the molecule is CO[C@H]1[C@H](O)OCC[C@@H]1O. The Kier molecular flexibility index (Phi) is 2.62. The smallest absolute Gasteiger partial charge is 0.183 e. The van der Waals surface area contributed by atoms with Gasteiger partial charge in [-0.25, -0.2) is 0 Å². The summed E-state index contributed by atoms with van der Waals surface area (Å²) < 4.78 is 9.61. The molecule has 1 fully saturated rings. The Bertz CT molecular complexity index is 95.9. The van der Waals surface area contributed by atoms with Crippen LogP contribution in [-0.4, -0.2) is 42.4 Å². The van der Waals surface area contributed by atoms with Gasteiger partial charge < -0.3 is 19.7 Å². The molecule has 0 aromatic carbocycles. The van der Waals surface area contributed by atoms with Crippen molar-refractivity contribution in [2.24, 2.45) is 0 Å². The first-order valence-electron chi connectivity index (χ1n) is 3.26. The molecule has 2 N–H and O–H groups in total. The summed E-state index contributed by atoms with van der Waals surface area (Å²) in [7, 11) is 1.44. The van der Waals surface area contributed by atoms with E-state index in [-0.39, 0.29) is 0 Å². The Morgan fingerprint density at radius 1 is 1.50 bits per heavy atom. The zero-order valence-electron chi connectivity index (χ0n) is 5.86. The van der Waals surface area contributed by atoms with Gasteiger partial charge in [0, 0.05) is 7.11 Å². The van der Waals surface area contributed by atoms with E-state index < -0.39 is 18.5 Å². The molecule has 0 saturated carbocycles. The Hall–Kier alpha value is -0.160. The van der Waals surface area contributed by atoms with E-state index in [4.69, 9.17) is 14.6 Å². The van der Waals surface area contributed by atoms with E-state index in [0.717, 1.165) is 0 Å². The van der Waals surface area contributed by atoms with E-state index in [9.17, 15) is 5.11 Å². The quantitative estimate of drug-likeness (QED) is 0.506. The van der Waals surface area contributed by atoms with E-state index in [2.05, 4.69) is 0 Å². The lowest BCUT2D eigenvalue weighted by atomic mass is 10.1. The first-order valence-corrected chi connectivity index (χ1v) is 3.26. The molecule has 0 aliphatic carbocycles. The molecule has 10 heavy (non-hydrogen) atoms. The van der Waals surface area contributed by atoms with Crippen LogP contribution < -0.4 is 0 Å². The van der Waals surface area contributed by atoms with Gasteiger partial charge in [-0.1, -0.05) is 0 Å². The van der Waals surface area contributed by atoms with Crippen LogP contribution in [0.1, 0.15) is 6.42 Å². The molecule has 0 aromatic heterocycles. The predicted octanol–water partition coefficient (Wildman–Crippen LogP) is -0.899. The van der Waals surface area contributed by atoms with Gasteiger partial charge in [-0.05, 0) is 6.42 Å². The lowest BCUT2D eigenvalue weighted by Crippen LogP contribution is -2.45. The molecule has 1 aliphatic heterocycles. The van der Waals surface area contributed by atoms with Crippen LogP contribution >= 0.6 is 0 Å². The molecule has 4 heteroatoms. The highest BCUT2D eigenvalue weighted by atomic mass is 16.6. The summed E-state index contributed by atoms with van der Waals surface area (Å²) in [5.74, 6) is 0. The summed E-state index contributed by atoms with van der Waals surface area (Å²) in [5.41, 5.74) is 0. The molecule has 1 rings (SSSR count). The van der Waals surface area contributed by atoms with E-state index in [1.807, 2.05) is 0 Å². The summed E-state index contributed by atoms with van der Waals surface area (Å²) in [6.45, 7) is 0.391. The van der Waals surface area contributed by atoms with Crippen LogP contribution in [0.4, 0.5) is 0 Å². The highest BCUT2D eigenvalue weighted by Gasteiger charge is 2.31. The minimum Gasteiger partial charge on any atom is -0.390 e. The normalized spacial score (nSPS) is 41.7. The van der Waals surface area contributed by atoms with Crippen molar-refractivity contribution in [3.8, 4) is 0 Å². The fourth-order valence-corrected chi connectivity index (χ4v) is 1.03. The molecule has 1 heterocycles. The van der Waals surface area contributed by atoms with Crippen molar-refractivity contribution in [2.45, 2.75) is 24.9 Å². The largest absolute Gasteiger partial charge is 0.390 e. The average Bonchev–Trinajstić information content (AvgIpc) is 1.88. The van der Waals surface area contributed by atoms with Gasteiger partial charge in [0.25, 0.3) is 0 Å². The Labute approximate surface area is 59.4 Å². The molecule has 0 aromatic rings. The first kappa shape index (κ1) is 7.94. The standard InChI is InChI=1S/C6H12O4/c1-9-5-4(7)2-3-10-6(5)8/h4-8H,2-3H2,1H3/t4-,5+,6+/m0/s1. The Morgan fingerprint density at radius 3 is 2.60 bits per heavy atom. The van der Waals surface area contributed by atoms with E-state index >= 15 is 0 Å². The van der Waals surface area contributed by atoms with Crippen LogP contribution in [0.5, 0.6) is 0 Å². The lowest BCUT2D eigenvalue weighted by Gasteiger charge is -2.30. The van der Waals surface area contributed by atoms with Gasteiger partial charge in [-0.2, -0.15) is 0 Å². The van der Waals surface area contributed by atoms with E-state index in [1.54, 1.807) is 0 Å². The highest BCUT2D eigenvalue weighted by molar-refractivity contribution is 4.75. The third kappa shape index (κ3) is 1.46. The number of hydrogen-bond acceptors (Lipinski definition) is 4. The maximum absolute atomic E-state index is 9.17. The van der Waals surface area contributed by atoms with Crippen molar-refractivity contribution in [3.63, 3.8) is 0 Å². The summed E-state index contributed by atoms with van der Waals surface area (Å²) in [6, 6.07) is 0. The summed E-state index contributed by atoms with van der Waals surface area (Å²) >= 11 is 0. The third-order valence-corrected chi connectivity index (χ3v) is 1.63. The van der Waals surface area contributed by atoms with Crippen LogP contribution in [0.25, 0.3) is 0 Å². The molecule has 0 bridgehead atoms. The summed E-state index contributed by atoms with van der Waals surface area (Å²) in [5, 5.41) is 18.2. The van der Waals surface area contributed by atoms with Crippen molar-refractivity contribution in [3.05, 3.63) is 0 Å². The topological polar surface area (TPSA) is 58.9 Å². The molecule has 1 saturated heterocycles. The maximum Gasteiger partial charge on any atom is 0.183 e. The Balaban J connectivity index is 2.45.